The van der Waals surface area contributed by atoms with Crippen molar-refractivity contribution in [3.63, 3.8) is 0 Å². The van der Waals surface area contributed by atoms with Crippen molar-refractivity contribution in [2.24, 2.45) is 0 Å². The molecule has 2 N–H and O–H groups in total. The minimum atomic E-state index is -0.923. The van der Waals surface area contributed by atoms with E-state index in [1.807, 2.05) is 30.3 Å². The maximum atomic E-state index is 13.5. The van der Waals surface area contributed by atoms with Crippen LogP contribution in [0.2, 0.25) is 5.02 Å². The van der Waals surface area contributed by atoms with Crippen molar-refractivity contribution in [3.05, 3.63) is 70.5 Å². The Bertz CT molecular complexity index is 1050. The molecule has 0 bridgehead atoms. The lowest BCUT2D eigenvalue weighted by molar-refractivity contribution is -0.139. The second-order valence-electron chi connectivity index (χ2n) is 8.79. The number of piperazine rings is 1. The Kier molecular flexibility index (Phi) is 7.36. The number of carbonyl (C=O) groups is 3. The Balaban J connectivity index is 1.35. The monoisotopic (exact) mass is 486 g/mol. The maximum absolute atomic E-state index is 13.5. The SMILES string of the molecule is O=C(NCc1ccccc1)NC1(C(=O)N2CCN(C(=O)c3ccc(F)cc3Cl)CC2)CCCC1. The summed E-state index contributed by atoms with van der Waals surface area (Å²) in [7, 11) is 0. The number of urea groups is 1. The minimum absolute atomic E-state index is 0.0686. The summed E-state index contributed by atoms with van der Waals surface area (Å²) in [6, 6.07) is 12.9. The average Bonchev–Trinajstić information content (AvgIpc) is 3.32. The number of benzene rings is 2. The summed E-state index contributed by atoms with van der Waals surface area (Å²) >= 11 is 6.04. The van der Waals surface area contributed by atoms with Gasteiger partial charge in [0.15, 0.2) is 0 Å². The zero-order chi connectivity index (χ0) is 24.1. The van der Waals surface area contributed by atoms with Crippen molar-refractivity contribution in [1.82, 2.24) is 20.4 Å². The first-order chi connectivity index (χ1) is 16.4. The van der Waals surface area contributed by atoms with Gasteiger partial charge in [0.05, 0.1) is 10.6 Å². The fourth-order valence-electron chi connectivity index (χ4n) is 4.66. The summed E-state index contributed by atoms with van der Waals surface area (Å²) in [6.45, 7) is 1.78. The van der Waals surface area contributed by atoms with E-state index in [1.54, 1.807) is 9.80 Å². The highest BCUT2D eigenvalue weighted by molar-refractivity contribution is 6.33. The molecule has 180 valence electrons. The minimum Gasteiger partial charge on any atom is -0.337 e. The summed E-state index contributed by atoms with van der Waals surface area (Å²) in [5.74, 6) is -0.892. The molecule has 0 spiro atoms. The molecule has 2 aromatic rings. The van der Waals surface area contributed by atoms with Gasteiger partial charge < -0.3 is 20.4 Å². The van der Waals surface area contributed by atoms with E-state index in [1.165, 1.54) is 12.1 Å². The number of halogens is 2. The van der Waals surface area contributed by atoms with Gasteiger partial charge >= 0.3 is 6.03 Å². The largest absolute Gasteiger partial charge is 0.337 e. The zero-order valence-corrected chi connectivity index (χ0v) is 19.6. The third-order valence-corrected chi connectivity index (χ3v) is 6.84. The van der Waals surface area contributed by atoms with Crippen LogP contribution in [-0.2, 0) is 11.3 Å². The van der Waals surface area contributed by atoms with E-state index in [0.29, 0.717) is 45.6 Å². The van der Waals surface area contributed by atoms with Crippen LogP contribution in [0.4, 0.5) is 9.18 Å². The van der Waals surface area contributed by atoms with Crippen LogP contribution in [0.5, 0.6) is 0 Å². The first-order valence-corrected chi connectivity index (χ1v) is 11.9. The molecule has 2 fully saturated rings. The summed E-state index contributed by atoms with van der Waals surface area (Å²) in [5, 5.41) is 5.87. The van der Waals surface area contributed by atoms with Crippen LogP contribution in [0.25, 0.3) is 0 Å². The molecule has 1 aliphatic carbocycles. The van der Waals surface area contributed by atoms with Crippen molar-refractivity contribution in [1.29, 1.82) is 0 Å². The standard InChI is InChI=1S/C25H28ClFN4O3/c26-21-16-19(27)8-9-20(21)22(32)30-12-14-31(15-13-30)23(33)25(10-4-5-11-25)29-24(34)28-17-18-6-2-1-3-7-18/h1-3,6-9,16H,4-5,10-15,17H2,(H2,28,29,34). The van der Waals surface area contributed by atoms with E-state index in [9.17, 15) is 18.8 Å². The number of hydrogen-bond donors (Lipinski definition) is 2. The van der Waals surface area contributed by atoms with Crippen LogP contribution in [0.15, 0.2) is 48.5 Å². The van der Waals surface area contributed by atoms with Gasteiger partial charge in [-0.05, 0) is 36.6 Å². The smallest absolute Gasteiger partial charge is 0.315 e. The van der Waals surface area contributed by atoms with Gasteiger partial charge in [0, 0.05) is 32.7 Å². The number of hydrogen-bond acceptors (Lipinski definition) is 3. The van der Waals surface area contributed by atoms with Crippen molar-refractivity contribution in [3.8, 4) is 0 Å². The Morgan fingerprint density at radius 2 is 1.59 bits per heavy atom. The van der Waals surface area contributed by atoms with Gasteiger partial charge in [0.1, 0.15) is 11.4 Å². The van der Waals surface area contributed by atoms with Crippen molar-refractivity contribution in [2.45, 2.75) is 37.8 Å². The highest BCUT2D eigenvalue weighted by atomic mass is 35.5. The lowest BCUT2D eigenvalue weighted by Gasteiger charge is -2.40. The van der Waals surface area contributed by atoms with Gasteiger partial charge in [0.2, 0.25) is 5.91 Å². The second-order valence-corrected chi connectivity index (χ2v) is 9.20. The van der Waals surface area contributed by atoms with Crippen molar-refractivity contribution >= 4 is 29.4 Å². The molecule has 34 heavy (non-hydrogen) atoms. The molecule has 2 aromatic carbocycles. The van der Waals surface area contributed by atoms with E-state index in [-0.39, 0.29) is 28.4 Å². The molecule has 4 rings (SSSR count). The predicted molar refractivity (Wildman–Crippen MR) is 127 cm³/mol. The molecule has 9 heteroatoms. The van der Waals surface area contributed by atoms with Crippen LogP contribution in [0, 0.1) is 5.82 Å². The third-order valence-electron chi connectivity index (χ3n) is 6.53. The Morgan fingerprint density at radius 3 is 2.24 bits per heavy atom. The van der Waals surface area contributed by atoms with Crippen LogP contribution in [-0.4, -0.2) is 59.4 Å². The lowest BCUT2D eigenvalue weighted by Crippen LogP contribution is -2.62. The van der Waals surface area contributed by atoms with Crippen molar-refractivity contribution in [2.75, 3.05) is 26.2 Å². The normalized spacial score (nSPS) is 17.4. The molecule has 0 atom stereocenters. The summed E-state index contributed by atoms with van der Waals surface area (Å²) in [4.78, 5) is 42.3. The lowest BCUT2D eigenvalue weighted by atomic mass is 9.95. The number of rotatable bonds is 5. The van der Waals surface area contributed by atoms with E-state index in [0.717, 1.165) is 24.5 Å². The molecule has 1 aliphatic heterocycles. The van der Waals surface area contributed by atoms with Crippen molar-refractivity contribution < 1.29 is 18.8 Å². The van der Waals surface area contributed by atoms with E-state index in [2.05, 4.69) is 10.6 Å². The number of carbonyl (C=O) groups excluding carboxylic acids is 3. The van der Waals surface area contributed by atoms with Gasteiger partial charge in [-0.2, -0.15) is 0 Å². The fourth-order valence-corrected chi connectivity index (χ4v) is 4.91. The Morgan fingerprint density at radius 1 is 0.941 bits per heavy atom. The second kappa shape index (κ2) is 10.4. The fraction of sp³-hybridized carbons (Fsp3) is 0.400. The number of nitrogens with zero attached hydrogens (tertiary/aromatic N) is 2. The quantitative estimate of drug-likeness (QED) is 0.677. The molecule has 1 saturated carbocycles. The summed E-state index contributed by atoms with van der Waals surface area (Å²) < 4.78 is 13.3. The van der Waals surface area contributed by atoms with Gasteiger partial charge in [-0.15, -0.1) is 0 Å². The van der Waals surface area contributed by atoms with E-state index < -0.39 is 11.4 Å². The maximum Gasteiger partial charge on any atom is 0.315 e. The first-order valence-electron chi connectivity index (χ1n) is 11.5. The topological polar surface area (TPSA) is 81.8 Å². The van der Waals surface area contributed by atoms with Gasteiger partial charge in [-0.3, -0.25) is 9.59 Å². The Hall–Kier alpha value is -3.13. The molecule has 4 amide bonds. The van der Waals surface area contributed by atoms with Crippen LogP contribution in [0.3, 0.4) is 0 Å². The highest BCUT2D eigenvalue weighted by Gasteiger charge is 2.45. The predicted octanol–water partition coefficient (Wildman–Crippen LogP) is 3.58. The highest BCUT2D eigenvalue weighted by Crippen LogP contribution is 2.32. The first kappa shape index (κ1) is 24.0. The number of nitrogens with one attached hydrogen (secondary N) is 2. The van der Waals surface area contributed by atoms with E-state index in [4.69, 9.17) is 11.6 Å². The summed E-state index contributed by atoms with van der Waals surface area (Å²) in [5.41, 5.74) is 0.297. The van der Waals surface area contributed by atoms with E-state index >= 15 is 0 Å². The molecule has 1 heterocycles. The molecule has 0 radical (unpaired) electrons. The van der Waals surface area contributed by atoms with Gasteiger partial charge in [0.25, 0.3) is 5.91 Å². The van der Waals surface area contributed by atoms with Crippen LogP contribution < -0.4 is 10.6 Å². The molecule has 0 unspecified atom stereocenters. The molecular weight excluding hydrogens is 459 g/mol. The summed E-state index contributed by atoms with van der Waals surface area (Å²) in [6.07, 6.45) is 2.92. The molecule has 1 saturated heterocycles. The third kappa shape index (κ3) is 5.33. The Labute approximate surface area is 203 Å². The molecule has 2 aliphatic rings. The zero-order valence-electron chi connectivity index (χ0n) is 18.9. The number of amides is 4. The average molecular weight is 487 g/mol. The molecule has 7 nitrogen and oxygen atoms in total. The van der Waals surface area contributed by atoms with Gasteiger partial charge in [-0.1, -0.05) is 54.8 Å². The molecule has 0 aromatic heterocycles. The van der Waals surface area contributed by atoms with Crippen LogP contribution in [0.1, 0.15) is 41.6 Å². The van der Waals surface area contributed by atoms with Crippen LogP contribution >= 0.6 is 11.6 Å². The van der Waals surface area contributed by atoms with Gasteiger partial charge in [-0.25, -0.2) is 9.18 Å². The molecular formula is C25H28ClFN4O3.